The molecule has 2 aromatic carbocycles. The summed E-state index contributed by atoms with van der Waals surface area (Å²) in [7, 11) is 0. The van der Waals surface area contributed by atoms with Gasteiger partial charge in [-0.2, -0.15) is 0 Å². The van der Waals surface area contributed by atoms with Crippen molar-refractivity contribution in [3.8, 4) is 0 Å². The van der Waals surface area contributed by atoms with E-state index in [1.807, 2.05) is 0 Å². The number of carbonyl (C=O) groups is 1. The van der Waals surface area contributed by atoms with Gasteiger partial charge in [0.1, 0.15) is 18.0 Å². The highest BCUT2D eigenvalue weighted by Gasteiger charge is 2.48. The molecule has 2 heterocycles. The highest BCUT2D eigenvalue weighted by atomic mass is 35.5. The molecular weight excluding hydrogens is 316 g/mol. The Morgan fingerprint density at radius 2 is 1.78 bits per heavy atom. The Morgan fingerprint density at radius 3 is 2.57 bits per heavy atom. The standard InChI is InChI=1S/C18H11ClO4/c19-11-7-5-10(6-8-11)15(20)18-17(23-18)13-9-22-14-4-2-1-3-12(14)16(13)21/h1-9,17-18H. The average Bonchev–Trinajstić information content (AvgIpc) is 3.36. The second kappa shape index (κ2) is 5.33. The number of ether oxygens (including phenoxy) is 1. The van der Waals surface area contributed by atoms with E-state index in [0.717, 1.165) is 0 Å². The van der Waals surface area contributed by atoms with Gasteiger partial charge in [0.15, 0.2) is 17.3 Å². The monoisotopic (exact) mass is 326 g/mol. The smallest absolute Gasteiger partial charge is 0.198 e. The van der Waals surface area contributed by atoms with Gasteiger partial charge in [-0.15, -0.1) is 0 Å². The van der Waals surface area contributed by atoms with E-state index in [0.29, 0.717) is 27.1 Å². The lowest BCUT2D eigenvalue weighted by atomic mass is 10.0. The van der Waals surface area contributed by atoms with Crippen LogP contribution in [0.3, 0.4) is 0 Å². The molecule has 4 nitrogen and oxygen atoms in total. The van der Waals surface area contributed by atoms with Crippen molar-refractivity contribution in [3.05, 3.63) is 81.2 Å². The predicted molar refractivity (Wildman–Crippen MR) is 85.9 cm³/mol. The molecular formula is C18H11ClO4. The van der Waals surface area contributed by atoms with Crippen LogP contribution in [0.2, 0.25) is 5.02 Å². The van der Waals surface area contributed by atoms with Crippen LogP contribution in [0, 0.1) is 0 Å². The van der Waals surface area contributed by atoms with Crippen molar-refractivity contribution in [2.24, 2.45) is 0 Å². The van der Waals surface area contributed by atoms with E-state index in [4.69, 9.17) is 20.8 Å². The summed E-state index contributed by atoms with van der Waals surface area (Å²) in [5.74, 6) is -0.167. The highest BCUT2D eigenvalue weighted by Crippen LogP contribution is 2.39. The van der Waals surface area contributed by atoms with Gasteiger partial charge in [0, 0.05) is 10.6 Å². The number of epoxide rings is 1. The van der Waals surface area contributed by atoms with Crippen LogP contribution in [0.25, 0.3) is 11.0 Å². The van der Waals surface area contributed by atoms with Gasteiger partial charge in [-0.1, -0.05) is 23.7 Å². The van der Waals surface area contributed by atoms with Crippen LogP contribution in [0.15, 0.2) is 64.0 Å². The Labute approximate surface area is 136 Å². The predicted octanol–water partition coefficient (Wildman–Crippen LogP) is 3.77. The molecule has 0 aliphatic carbocycles. The molecule has 2 atom stereocenters. The van der Waals surface area contributed by atoms with Crippen LogP contribution < -0.4 is 5.43 Å². The second-order valence-corrected chi connectivity index (χ2v) is 5.80. The summed E-state index contributed by atoms with van der Waals surface area (Å²) < 4.78 is 10.9. The third-order valence-electron chi connectivity index (χ3n) is 3.89. The lowest BCUT2D eigenvalue weighted by Gasteiger charge is -2.00. The molecule has 1 aliphatic heterocycles. The van der Waals surface area contributed by atoms with Crippen molar-refractivity contribution in [3.63, 3.8) is 0 Å². The largest absolute Gasteiger partial charge is 0.464 e. The minimum absolute atomic E-state index is 0.164. The molecule has 0 amide bonds. The zero-order valence-corrected chi connectivity index (χ0v) is 12.6. The lowest BCUT2D eigenvalue weighted by molar-refractivity contribution is 0.0953. The fourth-order valence-electron chi connectivity index (χ4n) is 2.62. The molecule has 0 N–H and O–H groups in total. The Balaban J connectivity index is 1.64. The first-order chi connectivity index (χ1) is 11.1. The highest BCUT2D eigenvalue weighted by molar-refractivity contribution is 6.30. The summed E-state index contributed by atoms with van der Waals surface area (Å²) in [6.45, 7) is 0. The fraction of sp³-hybridized carbons (Fsp3) is 0.111. The first-order valence-corrected chi connectivity index (χ1v) is 7.48. The van der Waals surface area contributed by atoms with E-state index >= 15 is 0 Å². The first-order valence-electron chi connectivity index (χ1n) is 7.11. The van der Waals surface area contributed by atoms with E-state index in [1.165, 1.54) is 6.26 Å². The third kappa shape index (κ3) is 2.46. The van der Waals surface area contributed by atoms with Gasteiger partial charge < -0.3 is 9.15 Å². The summed E-state index contributed by atoms with van der Waals surface area (Å²) in [6, 6.07) is 13.6. The number of hydrogen-bond donors (Lipinski definition) is 0. The zero-order valence-electron chi connectivity index (χ0n) is 11.9. The molecule has 3 aromatic rings. The SMILES string of the molecule is O=C(c1ccc(Cl)cc1)C1OC1c1coc2ccccc2c1=O. The number of Topliss-reactive ketones (excluding diaryl/α,β-unsaturated/α-hetero) is 1. The minimum Gasteiger partial charge on any atom is -0.464 e. The maximum absolute atomic E-state index is 12.5. The Morgan fingerprint density at radius 1 is 1.04 bits per heavy atom. The van der Waals surface area contributed by atoms with Crippen LogP contribution in [0.1, 0.15) is 22.0 Å². The molecule has 23 heavy (non-hydrogen) atoms. The molecule has 0 bridgehead atoms. The van der Waals surface area contributed by atoms with Crippen molar-refractivity contribution in [2.45, 2.75) is 12.2 Å². The number of benzene rings is 2. The molecule has 0 spiro atoms. The van der Waals surface area contributed by atoms with Crippen molar-refractivity contribution in [1.29, 1.82) is 0 Å². The second-order valence-electron chi connectivity index (χ2n) is 5.36. The number of carbonyl (C=O) groups excluding carboxylic acids is 1. The molecule has 2 unspecified atom stereocenters. The number of ketones is 1. The molecule has 0 radical (unpaired) electrons. The molecule has 1 saturated heterocycles. The van der Waals surface area contributed by atoms with Crippen molar-refractivity contribution < 1.29 is 13.9 Å². The van der Waals surface area contributed by atoms with Gasteiger partial charge in [0.2, 0.25) is 0 Å². The van der Waals surface area contributed by atoms with Crippen LogP contribution in [-0.4, -0.2) is 11.9 Å². The molecule has 1 aromatic heterocycles. The van der Waals surface area contributed by atoms with Crippen molar-refractivity contribution in [1.82, 2.24) is 0 Å². The summed E-state index contributed by atoms with van der Waals surface area (Å²) in [6.07, 6.45) is 0.170. The summed E-state index contributed by atoms with van der Waals surface area (Å²) in [5, 5.41) is 1.04. The quantitative estimate of drug-likeness (QED) is 0.543. The topological polar surface area (TPSA) is 59.8 Å². The van der Waals surface area contributed by atoms with Gasteiger partial charge in [-0.3, -0.25) is 9.59 Å². The van der Waals surface area contributed by atoms with Crippen LogP contribution >= 0.6 is 11.6 Å². The molecule has 0 saturated carbocycles. The van der Waals surface area contributed by atoms with E-state index in [1.54, 1.807) is 48.5 Å². The number of fused-ring (bicyclic) bond motifs is 1. The van der Waals surface area contributed by atoms with Gasteiger partial charge in [0.05, 0.1) is 10.9 Å². The maximum Gasteiger partial charge on any atom is 0.198 e. The van der Waals surface area contributed by atoms with Crippen molar-refractivity contribution >= 4 is 28.4 Å². The molecule has 114 valence electrons. The first kappa shape index (κ1) is 14.2. The minimum atomic E-state index is -0.653. The molecule has 5 heteroatoms. The van der Waals surface area contributed by atoms with E-state index in [9.17, 15) is 9.59 Å². The number of halogens is 1. The normalized spacial score (nSPS) is 19.7. The van der Waals surface area contributed by atoms with Gasteiger partial charge in [0.25, 0.3) is 0 Å². The van der Waals surface area contributed by atoms with Crippen LogP contribution in [0.5, 0.6) is 0 Å². The summed E-state index contributed by atoms with van der Waals surface area (Å²) in [5.41, 5.74) is 1.23. The number of rotatable bonds is 3. The molecule has 1 aliphatic rings. The fourth-order valence-corrected chi connectivity index (χ4v) is 2.74. The summed E-state index contributed by atoms with van der Waals surface area (Å²) in [4.78, 5) is 24.9. The third-order valence-corrected chi connectivity index (χ3v) is 4.14. The summed E-state index contributed by atoms with van der Waals surface area (Å²) >= 11 is 5.82. The van der Waals surface area contributed by atoms with Gasteiger partial charge >= 0.3 is 0 Å². The van der Waals surface area contributed by atoms with Crippen molar-refractivity contribution in [2.75, 3.05) is 0 Å². The molecule has 4 rings (SSSR count). The van der Waals surface area contributed by atoms with Gasteiger partial charge in [-0.05, 0) is 36.4 Å². The Kier molecular flexibility index (Phi) is 3.29. The Bertz CT molecular complexity index is 959. The van der Waals surface area contributed by atoms with E-state index in [2.05, 4.69) is 0 Å². The number of para-hydroxylation sites is 1. The van der Waals surface area contributed by atoms with Gasteiger partial charge in [-0.25, -0.2) is 0 Å². The van der Waals surface area contributed by atoms with E-state index in [-0.39, 0.29) is 11.2 Å². The average molecular weight is 327 g/mol. The van der Waals surface area contributed by atoms with E-state index < -0.39 is 12.2 Å². The number of hydrogen-bond acceptors (Lipinski definition) is 4. The lowest BCUT2D eigenvalue weighted by Crippen LogP contribution is -2.13. The zero-order chi connectivity index (χ0) is 16.0. The maximum atomic E-state index is 12.5. The van der Waals surface area contributed by atoms with Crippen LogP contribution in [-0.2, 0) is 4.74 Å². The molecule has 1 fully saturated rings. The Hall–Kier alpha value is -2.43. The van der Waals surface area contributed by atoms with Crippen LogP contribution in [0.4, 0.5) is 0 Å².